The summed E-state index contributed by atoms with van der Waals surface area (Å²) < 4.78 is 14.7. The number of hydrogen-bond acceptors (Lipinski definition) is 4. The largest absolute Gasteiger partial charge is 0.398 e. The fraction of sp³-hybridized carbons (Fsp3) is 0.414. The van der Waals surface area contributed by atoms with E-state index in [0.717, 1.165) is 25.7 Å². The first-order chi connectivity index (χ1) is 17.4. The van der Waals surface area contributed by atoms with Gasteiger partial charge < -0.3 is 16.0 Å². The number of carbonyl (C=O) groups excluding carboxylic acids is 1. The third kappa shape index (κ3) is 8.63. The number of aromatic amines is 1. The molecule has 0 spiro atoms. The molecule has 1 amide bonds. The van der Waals surface area contributed by atoms with E-state index in [2.05, 4.69) is 35.7 Å². The van der Waals surface area contributed by atoms with Crippen molar-refractivity contribution in [3.8, 4) is 11.3 Å². The summed E-state index contributed by atoms with van der Waals surface area (Å²) in [5, 5.41) is 3.09. The van der Waals surface area contributed by atoms with Crippen LogP contribution in [-0.4, -0.2) is 15.9 Å². The van der Waals surface area contributed by atoms with Crippen LogP contribution in [0.25, 0.3) is 22.2 Å². The summed E-state index contributed by atoms with van der Waals surface area (Å²) >= 11 is 0. The molecule has 7 heteroatoms. The maximum Gasteiger partial charge on any atom is 0.259 e. The van der Waals surface area contributed by atoms with Crippen LogP contribution in [0.15, 0.2) is 54.0 Å². The van der Waals surface area contributed by atoms with Crippen LogP contribution in [0.4, 0.5) is 15.8 Å². The van der Waals surface area contributed by atoms with E-state index < -0.39 is 5.82 Å². The summed E-state index contributed by atoms with van der Waals surface area (Å²) in [6.07, 6.45) is 9.52. The highest BCUT2D eigenvalue weighted by molar-refractivity contribution is 5.94. The van der Waals surface area contributed by atoms with Gasteiger partial charge in [0.1, 0.15) is 5.82 Å². The number of carbonyl (C=O) groups is 1. The summed E-state index contributed by atoms with van der Waals surface area (Å²) in [6.45, 7) is 13.5. The number of nitrogens with one attached hydrogen (secondary N) is 2. The topological polar surface area (TPSA) is 101 Å². The summed E-state index contributed by atoms with van der Waals surface area (Å²) in [5.41, 5.74) is 7.28. The molecular weight excluding hydrogens is 455 g/mol. The number of fused-ring (bicyclic) bond motifs is 1. The molecule has 36 heavy (non-hydrogen) atoms. The molecule has 1 aliphatic rings. The molecule has 3 aromatic rings. The Morgan fingerprint density at radius 2 is 1.81 bits per heavy atom. The molecule has 4 N–H and O–H groups in total. The van der Waals surface area contributed by atoms with E-state index in [1.807, 2.05) is 20.8 Å². The number of nitrogens with zero attached hydrogens (tertiary/aromatic N) is 1. The standard InChI is InChI=1S/C21H21FN4O2.C3H8.C3H6.C2H6/c22-15-10-13(25-20(27)12-4-2-1-3-5-12)6-7-14(15)18-11-16(23)19-17(26-18)8-9-24-21(19)28;2*1-3-2;1-2/h6-12H,1-5H2,(H2,23,26)(H,24,28)(H,25,27);3H2,1-2H3;3H,1H2,2H3;1-2H3. The third-order valence-electron chi connectivity index (χ3n) is 5.25. The van der Waals surface area contributed by atoms with Crippen LogP contribution in [0.5, 0.6) is 0 Å². The van der Waals surface area contributed by atoms with Gasteiger partial charge in [-0.2, -0.15) is 0 Å². The number of allylic oxidation sites excluding steroid dienone is 1. The zero-order chi connectivity index (χ0) is 27.1. The molecule has 2 heterocycles. The Bertz CT molecular complexity index is 1170. The highest BCUT2D eigenvalue weighted by Gasteiger charge is 2.21. The van der Waals surface area contributed by atoms with Gasteiger partial charge in [-0.15, -0.1) is 6.58 Å². The van der Waals surface area contributed by atoms with Gasteiger partial charge in [0.05, 0.1) is 16.6 Å². The number of nitrogen functional groups attached to an aromatic ring is 1. The molecule has 0 saturated heterocycles. The van der Waals surface area contributed by atoms with Crippen molar-refractivity contribution < 1.29 is 9.18 Å². The zero-order valence-electron chi connectivity index (χ0n) is 22.3. The van der Waals surface area contributed by atoms with E-state index in [1.54, 1.807) is 24.3 Å². The van der Waals surface area contributed by atoms with Crippen molar-refractivity contribution in [3.63, 3.8) is 0 Å². The zero-order valence-corrected chi connectivity index (χ0v) is 22.3. The predicted molar refractivity (Wildman–Crippen MR) is 151 cm³/mol. The second-order valence-corrected chi connectivity index (χ2v) is 8.30. The van der Waals surface area contributed by atoms with Crippen LogP contribution in [-0.2, 0) is 4.79 Å². The molecule has 1 aromatic carbocycles. The second kappa shape index (κ2) is 16.2. The van der Waals surface area contributed by atoms with Crippen molar-refractivity contribution in [2.45, 2.75) is 73.1 Å². The van der Waals surface area contributed by atoms with E-state index in [1.165, 1.54) is 31.2 Å². The fourth-order valence-electron chi connectivity index (χ4n) is 3.77. The van der Waals surface area contributed by atoms with Crippen molar-refractivity contribution in [1.82, 2.24) is 9.97 Å². The predicted octanol–water partition coefficient (Wildman–Crippen LogP) is 7.47. The van der Waals surface area contributed by atoms with Gasteiger partial charge in [0.15, 0.2) is 0 Å². The number of benzene rings is 1. The maximum atomic E-state index is 14.7. The molecule has 0 bridgehead atoms. The lowest BCUT2D eigenvalue weighted by atomic mass is 9.88. The number of aromatic nitrogens is 2. The number of anilines is 2. The Hall–Kier alpha value is -3.48. The molecular formula is C29H41FN4O2. The van der Waals surface area contributed by atoms with E-state index in [0.29, 0.717) is 16.9 Å². The minimum Gasteiger partial charge on any atom is -0.398 e. The van der Waals surface area contributed by atoms with Crippen LogP contribution in [0, 0.1) is 11.7 Å². The molecule has 1 aliphatic carbocycles. The number of H-pyrrole nitrogens is 1. The van der Waals surface area contributed by atoms with Crippen molar-refractivity contribution >= 4 is 28.2 Å². The van der Waals surface area contributed by atoms with Crippen molar-refractivity contribution in [2.24, 2.45) is 5.92 Å². The summed E-state index contributed by atoms with van der Waals surface area (Å²) in [7, 11) is 0. The number of amides is 1. The number of rotatable bonds is 3. The molecule has 1 fully saturated rings. The summed E-state index contributed by atoms with van der Waals surface area (Å²) in [4.78, 5) is 31.2. The van der Waals surface area contributed by atoms with Crippen LogP contribution < -0.4 is 16.6 Å². The molecule has 196 valence electrons. The first kappa shape index (κ1) is 30.6. The molecule has 0 radical (unpaired) electrons. The van der Waals surface area contributed by atoms with Crippen molar-refractivity contribution in [1.29, 1.82) is 0 Å². The number of halogens is 1. The van der Waals surface area contributed by atoms with Crippen LogP contribution in [0.1, 0.15) is 73.1 Å². The Balaban J connectivity index is 0.000000725. The first-order valence-electron chi connectivity index (χ1n) is 12.8. The minimum absolute atomic E-state index is 0.00321. The Morgan fingerprint density at radius 3 is 2.39 bits per heavy atom. The highest BCUT2D eigenvalue weighted by atomic mass is 19.1. The molecule has 1 saturated carbocycles. The van der Waals surface area contributed by atoms with Gasteiger partial charge in [-0.3, -0.25) is 9.59 Å². The van der Waals surface area contributed by atoms with Crippen LogP contribution in [0.2, 0.25) is 0 Å². The first-order valence-corrected chi connectivity index (χ1v) is 12.8. The van der Waals surface area contributed by atoms with E-state index in [4.69, 9.17) is 5.73 Å². The average molecular weight is 497 g/mol. The van der Waals surface area contributed by atoms with Gasteiger partial charge in [0, 0.05) is 29.1 Å². The monoisotopic (exact) mass is 496 g/mol. The van der Waals surface area contributed by atoms with Gasteiger partial charge in [-0.25, -0.2) is 9.37 Å². The van der Waals surface area contributed by atoms with Gasteiger partial charge in [0.25, 0.3) is 5.56 Å². The van der Waals surface area contributed by atoms with Crippen molar-refractivity contribution in [3.05, 3.63) is 65.4 Å². The average Bonchev–Trinajstić information content (AvgIpc) is 2.87. The maximum absolute atomic E-state index is 14.7. The quantitative estimate of drug-likeness (QED) is 0.327. The van der Waals surface area contributed by atoms with Crippen molar-refractivity contribution in [2.75, 3.05) is 11.1 Å². The molecule has 0 atom stereocenters. The lowest BCUT2D eigenvalue weighted by Gasteiger charge is -2.20. The lowest BCUT2D eigenvalue weighted by molar-refractivity contribution is -0.120. The molecule has 0 aliphatic heterocycles. The molecule has 6 nitrogen and oxygen atoms in total. The summed E-state index contributed by atoms with van der Waals surface area (Å²) in [5.74, 6) is -0.576. The normalized spacial score (nSPS) is 12.6. The summed E-state index contributed by atoms with van der Waals surface area (Å²) in [6, 6.07) is 7.60. The molecule has 0 unspecified atom stereocenters. The molecule has 4 rings (SSSR count). The highest BCUT2D eigenvalue weighted by Crippen LogP contribution is 2.29. The Morgan fingerprint density at radius 1 is 1.19 bits per heavy atom. The van der Waals surface area contributed by atoms with Gasteiger partial charge >= 0.3 is 0 Å². The smallest absolute Gasteiger partial charge is 0.259 e. The number of pyridine rings is 2. The van der Waals surface area contributed by atoms with E-state index in [-0.39, 0.29) is 34.0 Å². The Labute approximate surface area is 214 Å². The second-order valence-electron chi connectivity index (χ2n) is 8.30. The Kier molecular flexibility index (Phi) is 13.8. The van der Waals surface area contributed by atoms with Gasteiger partial charge in [0.2, 0.25) is 5.91 Å². The third-order valence-corrected chi connectivity index (χ3v) is 5.25. The van der Waals surface area contributed by atoms with E-state index in [9.17, 15) is 14.0 Å². The SMILES string of the molecule is C=CC.CC.CCC.Nc1cc(-c2ccc(NC(=O)C3CCCCC3)cc2F)nc2cc[nH]c(=O)c12. The fourth-order valence-corrected chi connectivity index (χ4v) is 3.77. The van der Waals surface area contributed by atoms with Crippen LogP contribution in [0.3, 0.4) is 0 Å². The molecule has 2 aromatic heterocycles. The van der Waals surface area contributed by atoms with E-state index >= 15 is 0 Å². The lowest BCUT2D eigenvalue weighted by Crippen LogP contribution is -2.24. The van der Waals surface area contributed by atoms with Crippen LogP contribution >= 0.6 is 0 Å². The number of hydrogen-bond donors (Lipinski definition) is 3. The van der Waals surface area contributed by atoms with Gasteiger partial charge in [-0.05, 0) is 50.1 Å². The van der Waals surface area contributed by atoms with Gasteiger partial charge in [-0.1, -0.05) is 59.5 Å². The minimum atomic E-state index is -0.516. The number of nitrogens with two attached hydrogens (primary N) is 1.